The zero-order chi connectivity index (χ0) is 12.4. The molecule has 1 aromatic rings. The van der Waals surface area contributed by atoms with E-state index in [4.69, 9.17) is 5.73 Å². The highest BCUT2D eigenvalue weighted by molar-refractivity contribution is 5.80. The molecule has 0 spiro atoms. The number of likely N-dealkylation sites (N-methyl/N-ethyl adjacent to an activating group) is 1. The van der Waals surface area contributed by atoms with E-state index in [1.54, 1.807) is 4.90 Å². The minimum absolute atomic E-state index is 0.103. The summed E-state index contributed by atoms with van der Waals surface area (Å²) in [5.74, 6) is 0.325. The fraction of sp³-hybridized carbons (Fsp3) is 0.500. The molecule has 0 bridgehead atoms. The summed E-state index contributed by atoms with van der Waals surface area (Å²) in [7, 11) is 1.85. The summed E-state index contributed by atoms with van der Waals surface area (Å²) >= 11 is 0. The van der Waals surface area contributed by atoms with E-state index < -0.39 is 0 Å². The number of carbonyl (C=O) groups is 1. The van der Waals surface area contributed by atoms with Crippen molar-refractivity contribution in [1.82, 2.24) is 4.90 Å². The molecule has 3 heteroatoms. The number of hydrogen-bond donors (Lipinski definition) is 1. The van der Waals surface area contributed by atoms with E-state index in [0.29, 0.717) is 6.54 Å². The van der Waals surface area contributed by atoms with Gasteiger partial charge in [0, 0.05) is 25.6 Å². The van der Waals surface area contributed by atoms with Crippen LogP contribution in [0.4, 0.5) is 0 Å². The van der Waals surface area contributed by atoms with Gasteiger partial charge >= 0.3 is 0 Å². The van der Waals surface area contributed by atoms with Gasteiger partial charge in [0.15, 0.2) is 0 Å². The molecule has 1 atom stereocenters. The van der Waals surface area contributed by atoms with Crippen LogP contribution in [0.3, 0.4) is 0 Å². The topological polar surface area (TPSA) is 46.3 Å². The van der Waals surface area contributed by atoms with Gasteiger partial charge in [-0.2, -0.15) is 0 Å². The molecule has 0 fully saturated rings. The smallest absolute Gasteiger partial charge is 0.226 e. The van der Waals surface area contributed by atoms with Gasteiger partial charge in [-0.25, -0.2) is 0 Å². The Bertz CT molecular complexity index is 391. The van der Waals surface area contributed by atoms with Crippen LogP contribution >= 0.6 is 0 Å². The van der Waals surface area contributed by atoms with E-state index >= 15 is 0 Å². The third-order valence-corrected chi connectivity index (χ3v) is 3.75. The first-order chi connectivity index (χ1) is 8.13. The molecule has 2 N–H and O–H groups in total. The predicted molar refractivity (Wildman–Crippen MR) is 68.6 cm³/mol. The number of benzene rings is 1. The molecule has 0 aliphatic heterocycles. The molecular weight excluding hydrogens is 212 g/mol. The minimum Gasteiger partial charge on any atom is -0.342 e. The Hall–Kier alpha value is -1.35. The van der Waals surface area contributed by atoms with Crippen LogP contribution in [-0.2, 0) is 17.6 Å². The molecule has 1 unspecified atom stereocenters. The van der Waals surface area contributed by atoms with Crippen LogP contribution in [0.25, 0.3) is 0 Å². The monoisotopic (exact) mass is 232 g/mol. The van der Waals surface area contributed by atoms with E-state index in [1.165, 1.54) is 11.1 Å². The number of fused-ring (bicyclic) bond motifs is 1. The number of nitrogens with zero attached hydrogens (tertiary/aromatic N) is 1. The fourth-order valence-electron chi connectivity index (χ4n) is 2.40. The number of rotatable bonds is 3. The first-order valence-corrected chi connectivity index (χ1v) is 6.17. The zero-order valence-electron chi connectivity index (χ0n) is 10.5. The Labute approximate surface area is 103 Å². The van der Waals surface area contributed by atoms with Crippen molar-refractivity contribution in [2.75, 3.05) is 13.6 Å². The first kappa shape index (κ1) is 12.1. The molecule has 0 aromatic heterocycles. The highest BCUT2D eigenvalue weighted by atomic mass is 16.2. The summed E-state index contributed by atoms with van der Waals surface area (Å²) in [6.45, 7) is 2.50. The van der Waals surface area contributed by atoms with Crippen LogP contribution in [0.15, 0.2) is 24.3 Å². The number of amides is 1. The molecule has 1 aromatic carbocycles. The SMILES string of the molecule is CC(CN)N(C)C(=O)C1Cc2ccccc2C1. The summed E-state index contributed by atoms with van der Waals surface area (Å²) in [6, 6.07) is 8.44. The third kappa shape index (κ3) is 2.34. The molecule has 17 heavy (non-hydrogen) atoms. The van der Waals surface area contributed by atoms with Crippen molar-refractivity contribution in [1.29, 1.82) is 0 Å². The van der Waals surface area contributed by atoms with Crippen molar-refractivity contribution in [3.63, 3.8) is 0 Å². The fourth-order valence-corrected chi connectivity index (χ4v) is 2.40. The van der Waals surface area contributed by atoms with Gasteiger partial charge in [-0.3, -0.25) is 4.79 Å². The van der Waals surface area contributed by atoms with E-state index in [2.05, 4.69) is 12.1 Å². The lowest BCUT2D eigenvalue weighted by Gasteiger charge is -2.26. The van der Waals surface area contributed by atoms with Crippen molar-refractivity contribution >= 4 is 5.91 Å². The lowest BCUT2D eigenvalue weighted by Crippen LogP contribution is -2.43. The van der Waals surface area contributed by atoms with Crippen LogP contribution in [-0.4, -0.2) is 30.4 Å². The Morgan fingerprint density at radius 2 is 1.94 bits per heavy atom. The predicted octanol–water partition coefficient (Wildman–Crippen LogP) is 1.21. The minimum atomic E-state index is 0.103. The van der Waals surface area contributed by atoms with E-state index in [0.717, 1.165) is 12.8 Å². The Morgan fingerprint density at radius 3 is 2.41 bits per heavy atom. The molecular formula is C14H20N2O. The molecule has 92 valence electrons. The number of hydrogen-bond acceptors (Lipinski definition) is 2. The van der Waals surface area contributed by atoms with E-state index in [9.17, 15) is 4.79 Å². The Balaban J connectivity index is 2.05. The standard InChI is InChI=1S/C14H20N2O/c1-10(9-15)16(2)14(17)13-7-11-5-3-4-6-12(11)8-13/h3-6,10,13H,7-9,15H2,1-2H3. The maximum absolute atomic E-state index is 12.3. The molecule has 0 radical (unpaired) electrons. The van der Waals surface area contributed by atoms with Crippen LogP contribution < -0.4 is 5.73 Å². The van der Waals surface area contributed by atoms with Crippen molar-refractivity contribution < 1.29 is 4.79 Å². The molecule has 1 amide bonds. The van der Waals surface area contributed by atoms with Crippen molar-refractivity contribution in [2.24, 2.45) is 11.7 Å². The van der Waals surface area contributed by atoms with Gasteiger partial charge in [-0.15, -0.1) is 0 Å². The Morgan fingerprint density at radius 1 is 1.41 bits per heavy atom. The van der Waals surface area contributed by atoms with Gasteiger partial charge in [0.1, 0.15) is 0 Å². The molecule has 0 saturated heterocycles. The molecule has 1 aliphatic carbocycles. The molecule has 2 rings (SSSR count). The molecule has 1 aliphatic rings. The van der Waals surface area contributed by atoms with Gasteiger partial charge in [0.05, 0.1) is 0 Å². The molecule has 3 nitrogen and oxygen atoms in total. The highest BCUT2D eigenvalue weighted by Crippen LogP contribution is 2.27. The summed E-state index contributed by atoms with van der Waals surface area (Å²) in [5.41, 5.74) is 8.24. The van der Waals surface area contributed by atoms with Crippen LogP contribution in [0, 0.1) is 5.92 Å². The molecule has 0 heterocycles. The van der Waals surface area contributed by atoms with E-state index in [1.807, 2.05) is 26.1 Å². The highest BCUT2D eigenvalue weighted by Gasteiger charge is 2.30. The lowest BCUT2D eigenvalue weighted by atomic mass is 10.0. The molecule has 0 saturated carbocycles. The van der Waals surface area contributed by atoms with Crippen molar-refractivity contribution in [3.8, 4) is 0 Å². The van der Waals surface area contributed by atoms with Crippen molar-refractivity contribution in [2.45, 2.75) is 25.8 Å². The summed E-state index contributed by atoms with van der Waals surface area (Å²) in [5, 5.41) is 0. The van der Waals surface area contributed by atoms with Gasteiger partial charge in [0.25, 0.3) is 0 Å². The second-order valence-electron chi connectivity index (χ2n) is 4.91. The van der Waals surface area contributed by atoms with Crippen molar-refractivity contribution in [3.05, 3.63) is 35.4 Å². The van der Waals surface area contributed by atoms with Crippen LogP contribution in [0.5, 0.6) is 0 Å². The van der Waals surface area contributed by atoms with Crippen LogP contribution in [0.1, 0.15) is 18.1 Å². The third-order valence-electron chi connectivity index (χ3n) is 3.75. The summed E-state index contributed by atoms with van der Waals surface area (Å²) in [6.07, 6.45) is 1.74. The average molecular weight is 232 g/mol. The summed E-state index contributed by atoms with van der Waals surface area (Å²) < 4.78 is 0. The quantitative estimate of drug-likeness (QED) is 0.851. The lowest BCUT2D eigenvalue weighted by molar-refractivity contribution is -0.135. The first-order valence-electron chi connectivity index (χ1n) is 6.17. The maximum Gasteiger partial charge on any atom is 0.226 e. The maximum atomic E-state index is 12.3. The normalized spacial score (nSPS) is 16.6. The van der Waals surface area contributed by atoms with Crippen LogP contribution in [0.2, 0.25) is 0 Å². The number of carbonyl (C=O) groups excluding carboxylic acids is 1. The zero-order valence-corrected chi connectivity index (χ0v) is 10.5. The largest absolute Gasteiger partial charge is 0.342 e. The average Bonchev–Trinajstić information content (AvgIpc) is 2.79. The number of nitrogens with two attached hydrogens (primary N) is 1. The van der Waals surface area contributed by atoms with Gasteiger partial charge in [-0.05, 0) is 30.9 Å². The van der Waals surface area contributed by atoms with E-state index in [-0.39, 0.29) is 17.9 Å². The van der Waals surface area contributed by atoms with Gasteiger partial charge in [0.2, 0.25) is 5.91 Å². The summed E-state index contributed by atoms with van der Waals surface area (Å²) in [4.78, 5) is 14.1. The second-order valence-corrected chi connectivity index (χ2v) is 4.91. The Kier molecular flexibility index (Phi) is 3.48. The van der Waals surface area contributed by atoms with Gasteiger partial charge in [-0.1, -0.05) is 24.3 Å². The second kappa shape index (κ2) is 4.88. The van der Waals surface area contributed by atoms with Gasteiger partial charge < -0.3 is 10.6 Å².